The summed E-state index contributed by atoms with van der Waals surface area (Å²) in [5.41, 5.74) is 6.22. The molecule has 2 aromatic carbocycles. The molecule has 0 spiro atoms. The van der Waals surface area contributed by atoms with E-state index in [1.807, 2.05) is 54.0 Å². The van der Waals surface area contributed by atoms with Gasteiger partial charge in [-0.15, -0.1) is 0 Å². The van der Waals surface area contributed by atoms with Crippen molar-refractivity contribution < 1.29 is 9.90 Å². The van der Waals surface area contributed by atoms with Gasteiger partial charge >= 0.3 is 5.97 Å². The number of hydrogen-bond acceptors (Lipinski definition) is 3. The van der Waals surface area contributed by atoms with E-state index in [2.05, 4.69) is 10.6 Å². The molecule has 0 saturated heterocycles. The zero-order valence-corrected chi connectivity index (χ0v) is 15.9. The minimum absolute atomic E-state index is 0.0345. The molecule has 0 fully saturated rings. The second-order valence-corrected chi connectivity index (χ2v) is 7.21. The maximum atomic E-state index is 11.4. The Kier molecular flexibility index (Phi) is 4.68. The molecule has 0 aliphatic carbocycles. The lowest BCUT2D eigenvalue weighted by molar-refractivity contribution is -0.137. The van der Waals surface area contributed by atoms with Gasteiger partial charge in [-0.3, -0.25) is 4.79 Å². The molecule has 3 N–H and O–H groups in total. The maximum Gasteiger partial charge on any atom is 0.323 e. The molecule has 0 amide bonds. The number of nitrogens with zero attached hydrogens (tertiary/aromatic N) is 1. The summed E-state index contributed by atoms with van der Waals surface area (Å²) in [5.74, 6) is -0.834. The van der Waals surface area contributed by atoms with Gasteiger partial charge in [-0.1, -0.05) is 42.5 Å². The quantitative estimate of drug-likeness (QED) is 0.606. The van der Waals surface area contributed by atoms with E-state index in [4.69, 9.17) is 12.2 Å². The largest absolute Gasteiger partial charge is 0.480 e. The first kappa shape index (κ1) is 17.7. The summed E-state index contributed by atoms with van der Waals surface area (Å²) in [6.45, 7) is 3.58. The van der Waals surface area contributed by atoms with Crippen molar-refractivity contribution in [2.45, 2.75) is 26.4 Å². The zero-order valence-electron chi connectivity index (χ0n) is 15.1. The smallest absolute Gasteiger partial charge is 0.323 e. The van der Waals surface area contributed by atoms with Gasteiger partial charge in [0, 0.05) is 47.4 Å². The normalized spacial score (nSPS) is 13.4. The minimum atomic E-state index is -0.834. The van der Waals surface area contributed by atoms with E-state index in [1.165, 1.54) is 0 Å². The van der Waals surface area contributed by atoms with Crippen LogP contribution in [0.15, 0.2) is 42.5 Å². The minimum Gasteiger partial charge on any atom is -0.480 e. The number of aliphatic carboxylic acids is 1. The highest BCUT2D eigenvalue weighted by Gasteiger charge is 2.23. The number of carboxylic acid groups (broad SMARTS) is 1. The Hall–Kier alpha value is -2.70. The first-order valence-corrected chi connectivity index (χ1v) is 9.39. The van der Waals surface area contributed by atoms with Crippen LogP contribution in [0, 0.1) is 6.92 Å². The van der Waals surface area contributed by atoms with E-state index >= 15 is 0 Å². The summed E-state index contributed by atoms with van der Waals surface area (Å²) in [6, 6.07) is 14.0. The molecule has 1 aliphatic heterocycles. The van der Waals surface area contributed by atoms with Crippen molar-refractivity contribution in [3.8, 4) is 0 Å². The number of benzene rings is 2. The van der Waals surface area contributed by atoms with Gasteiger partial charge in [-0.25, -0.2) is 0 Å². The number of aryl methyl sites for hydroxylation is 1. The van der Waals surface area contributed by atoms with E-state index in [-0.39, 0.29) is 6.54 Å². The third-order valence-corrected chi connectivity index (χ3v) is 5.40. The molecule has 4 rings (SSSR count). The van der Waals surface area contributed by atoms with Crippen LogP contribution in [-0.2, 0) is 24.3 Å². The van der Waals surface area contributed by atoms with Gasteiger partial charge in [0.15, 0.2) is 0 Å². The summed E-state index contributed by atoms with van der Waals surface area (Å²) in [5, 5.41) is 17.2. The van der Waals surface area contributed by atoms with Crippen LogP contribution in [0.2, 0.25) is 0 Å². The van der Waals surface area contributed by atoms with Crippen molar-refractivity contribution in [2.24, 2.45) is 0 Å². The number of aromatic nitrogens is 1. The van der Waals surface area contributed by atoms with Gasteiger partial charge in [0.25, 0.3) is 0 Å². The summed E-state index contributed by atoms with van der Waals surface area (Å²) >= 11 is 5.73. The summed E-state index contributed by atoms with van der Waals surface area (Å²) in [6.07, 6.45) is 0.814. The van der Waals surface area contributed by atoms with Gasteiger partial charge in [0.05, 0.1) is 0 Å². The topological polar surface area (TPSA) is 66.3 Å². The molecule has 27 heavy (non-hydrogen) atoms. The number of rotatable bonds is 4. The highest BCUT2D eigenvalue weighted by Crippen LogP contribution is 2.32. The molecule has 0 unspecified atom stereocenters. The maximum absolute atomic E-state index is 11.4. The Bertz CT molecular complexity index is 1060. The molecule has 138 valence electrons. The van der Waals surface area contributed by atoms with Crippen molar-refractivity contribution in [1.29, 1.82) is 0 Å². The van der Waals surface area contributed by atoms with Crippen molar-refractivity contribution in [3.05, 3.63) is 64.8 Å². The molecular weight excluding hydrogens is 358 g/mol. The van der Waals surface area contributed by atoms with Crippen molar-refractivity contribution in [2.75, 3.05) is 11.9 Å². The summed E-state index contributed by atoms with van der Waals surface area (Å²) in [4.78, 5) is 12.1. The monoisotopic (exact) mass is 379 g/mol. The number of carbonyl (C=O) groups is 1. The van der Waals surface area contributed by atoms with Gasteiger partial charge in [0.2, 0.25) is 0 Å². The molecule has 0 atom stereocenters. The van der Waals surface area contributed by atoms with Crippen molar-refractivity contribution in [1.82, 2.24) is 9.88 Å². The third-order valence-electron chi connectivity index (χ3n) is 5.08. The summed E-state index contributed by atoms with van der Waals surface area (Å²) in [7, 11) is 0. The second kappa shape index (κ2) is 7.13. The van der Waals surface area contributed by atoms with E-state index in [0.29, 0.717) is 4.99 Å². The molecule has 0 bridgehead atoms. The molecule has 1 aromatic heterocycles. The van der Waals surface area contributed by atoms with Gasteiger partial charge < -0.3 is 20.3 Å². The lowest BCUT2D eigenvalue weighted by atomic mass is 10.0. The van der Waals surface area contributed by atoms with Gasteiger partial charge in [-0.2, -0.15) is 0 Å². The van der Waals surface area contributed by atoms with Crippen LogP contribution in [0.4, 0.5) is 5.69 Å². The molecule has 1 aliphatic rings. The van der Waals surface area contributed by atoms with Crippen LogP contribution in [0.3, 0.4) is 0 Å². The molecule has 2 heterocycles. The van der Waals surface area contributed by atoms with E-state index < -0.39 is 5.97 Å². The predicted molar refractivity (Wildman–Crippen MR) is 111 cm³/mol. The van der Waals surface area contributed by atoms with Crippen LogP contribution in [0.25, 0.3) is 10.9 Å². The molecule has 0 radical (unpaired) electrons. The van der Waals surface area contributed by atoms with Crippen LogP contribution in [-0.4, -0.2) is 27.2 Å². The lowest BCUT2D eigenvalue weighted by Gasteiger charge is -2.16. The van der Waals surface area contributed by atoms with Crippen molar-refractivity contribution >= 4 is 39.8 Å². The molecule has 0 saturated carbocycles. The van der Waals surface area contributed by atoms with E-state index in [0.717, 1.165) is 58.5 Å². The van der Waals surface area contributed by atoms with Crippen LogP contribution < -0.4 is 10.6 Å². The molecule has 6 heteroatoms. The van der Waals surface area contributed by atoms with Crippen LogP contribution >= 0.6 is 12.2 Å². The standard InChI is InChI=1S/C21H21N3O2S/c1-13-5-2-3-7-16(13)23-21(27)14-6-4-8-18-20(14)15-11-22-10-9-17(15)24(18)12-19(25)26/h2-8,22H,9-12H2,1H3,(H,23,27)(H,25,26). The number of fused-ring (bicyclic) bond motifs is 3. The Balaban J connectivity index is 1.84. The first-order chi connectivity index (χ1) is 13.1. The second-order valence-electron chi connectivity index (χ2n) is 6.80. The number of hydrogen-bond donors (Lipinski definition) is 3. The number of anilines is 1. The molecule has 5 nitrogen and oxygen atoms in total. The Morgan fingerprint density at radius 1 is 1.26 bits per heavy atom. The third kappa shape index (κ3) is 3.22. The van der Waals surface area contributed by atoms with Crippen LogP contribution in [0.1, 0.15) is 22.4 Å². The highest BCUT2D eigenvalue weighted by molar-refractivity contribution is 7.81. The fourth-order valence-corrected chi connectivity index (χ4v) is 4.12. The zero-order chi connectivity index (χ0) is 19.0. The SMILES string of the molecule is Cc1ccccc1NC(=S)c1cccc2c1c1c(n2CC(=O)O)CCNC1. The number of carboxylic acids is 1. The van der Waals surface area contributed by atoms with Gasteiger partial charge in [-0.05, 0) is 30.2 Å². The average molecular weight is 379 g/mol. The lowest BCUT2D eigenvalue weighted by Crippen LogP contribution is -2.25. The summed E-state index contributed by atoms with van der Waals surface area (Å²) < 4.78 is 1.92. The Morgan fingerprint density at radius 2 is 2.07 bits per heavy atom. The Labute approximate surface area is 163 Å². The predicted octanol–water partition coefficient (Wildman–Crippen LogP) is 3.47. The number of thiocarbonyl (C=S) groups is 1. The fraction of sp³-hybridized carbons (Fsp3) is 0.238. The van der Waals surface area contributed by atoms with Crippen LogP contribution in [0.5, 0.6) is 0 Å². The molecule has 3 aromatic rings. The number of nitrogens with one attached hydrogen (secondary N) is 2. The number of para-hydroxylation sites is 1. The molecular formula is C21H21N3O2S. The Morgan fingerprint density at radius 3 is 2.85 bits per heavy atom. The first-order valence-electron chi connectivity index (χ1n) is 8.98. The average Bonchev–Trinajstić information content (AvgIpc) is 2.97. The van der Waals surface area contributed by atoms with E-state index in [9.17, 15) is 9.90 Å². The highest BCUT2D eigenvalue weighted by atomic mass is 32.1. The fourth-order valence-electron chi connectivity index (χ4n) is 3.84. The van der Waals surface area contributed by atoms with Gasteiger partial charge in [0.1, 0.15) is 11.5 Å². The van der Waals surface area contributed by atoms with Crippen molar-refractivity contribution in [3.63, 3.8) is 0 Å². The van der Waals surface area contributed by atoms with E-state index in [1.54, 1.807) is 0 Å².